The summed E-state index contributed by atoms with van der Waals surface area (Å²) in [5, 5.41) is 2.24. The van der Waals surface area contributed by atoms with Crippen molar-refractivity contribution in [2.45, 2.75) is 103 Å². The fourth-order valence-electron chi connectivity index (χ4n) is 8.68. The third kappa shape index (κ3) is 10.6. The largest absolute Gasteiger partial charge is 0.534 e. The standard InChI is InChI=1S/C50H64O7Si/c1-38(2)26-28-50-29-27-40(33-47(50)55-49(6,7)57-50)42(36-53-37-52-31-30-51-8)32-41-24-25-43(34-46(41)54-35-39-18-12-9-13-19-39)56-58(48(3,4)5,44-20-14-10-15-21-44)45-22-16-11-17-23-45/h9-25,32,34,40,47H,1,26-31,33,35-37H2,2-8H3/b42-32+/t40-,47+,50-/m1/s1. The van der Waals surface area contributed by atoms with Crippen LogP contribution < -0.4 is 19.5 Å². The summed E-state index contributed by atoms with van der Waals surface area (Å²) < 4.78 is 44.8. The molecule has 0 aromatic heterocycles. The van der Waals surface area contributed by atoms with Crippen molar-refractivity contribution in [2.24, 2.45) is 5.92 Å². The average Bonchev–Trinajstić information content (AvgIpc) is 3.49. The van der Waals surface area contributed by atoms with Gasteiger partial charge in [0.15, 0.2) is 5.79 Å². The molecule has 3 atom stereocenters. The highest BCUT2D eigenvalue weighted by molar-refractivity contribution is 7.00. The summed E-state index contributed by atoms with van der Waals surface area (Å²) in [7, 11) is -1.23. The van der Waals surface area contributed by atoms with Gasteiger partial charge in [-0.05, 0) is 104 Å². The smallest absolute Gasteiger partial charge is 0.319 e. The maximum Gasteiger partial charge on any atom is 0.319 e. The Kier molecular flexibility index (Phi) is 14.5. The SMILES string of the molecule is C=C(C)CC[C@@]12CC[C@@H](/C(=C/c3ccc(O[Si](c4ccccc4)(c4ccccc4)C(C)(C)C)cc3OCc3ccccc3)COCOCCOC)C[C@@H]1OC(C)(C)O2. The lowest BCUT2D eigenvalue weighted by Crippen LogP contribution is -2.68. The van der Waals surface area contributed by atoms with Crippen LogP contribution in [0, 0.1) is 5.92 Å². The van der Waals surface area contributed by atoms with Crippen LogP contribution in [0.2, 0.25) is 5.04 Å². The molecule has 4 aromatic rings. The van der Waals surface area contributed by atoms with Crippen molar-refractivity contribution < 1.29 is 32.8 Å². The van der Waals surface area contributed by atoms with Crippen LogP contribution >= 0.6 is 0 Å². The van der Waals surface area contributed by atoms with E-state index in [-0.39, 0.29) is 29.5 Å². The third-order valence-electron chi connectivity index (χ3n) is 11.5. The van der Waals surface area contributed by atoms with Gasteiger partial charge in [0.05, 0.1) is 31.5 Å². The van der Waals surface area contributed by atoms with Crippen LogP contribution in [-0.2, 0) is 30.3 Å². The molecule has 1 aliphatic heterocycles. The van der Waals surface area contributed by atoms with Crippen molar-refractivity contribution in [3.05, 3.63) is 138 Å². The van der Waals surface area contributed by atoms with Gasteiger partial charge in [-0.3, -0.25) is 0 Å². The van der Waals surface area contributed by atoms with Crippen molar-refractivity contribution in [1.29, 1.82) is 0 Å². The van der Waals surface area contributed by atoms with E-state index in [0.717, 1.165) is 60.3 Å². The summed E-state index contributed by atoms with van der Waals surface area (Å²) in [4.78, 5) is 0. The molecule has 0 radical (unpaired) electrons. The summed E-state index contributed by atoms with van der Waals surface area (Å²) >= 11 is 0. The van der Waals surface area contributed by atoms with E-state index in [0.29, 0.717) is 26.4 Å². The number of methoxy groups -OCH3 is 1. The first-order valence-electron chi connectivity index (χ1n) is 20.8. The van der Waals surface area contributed by atoms with E-state index < -0.39 is 14.1 Å². The van der Waals surface area contributed by atoms with Crippen LogP contribution in [0.5, 0.6) is 11.5 Å². The lowest BCUT2D eigenvalue weighted by atomic mass is 9.71. The predicted octanol–water partition coefficient (Wildman–Crippen LogP) is 10.3. The van der Waals surface area contributed by atoms with Gasteiger partial charge in [0.2, 0.25) is 0 Å². The number of ether oxygens (including phenoxy) is 6. The van der Waals surface area contributed by atoms with Gasteiger partial charge in [-0.1, -0.05) is 117 Å². The molecule has 1 saturated carbocycles. The molecule has 0 bridgehead atoms. The van der Waals surface area contributed by atoms with Gasteiger partial charge in [-0.15, -0.1) is 6.58 Å². The average molecular weight is 805 g/mol. The van der Waals surface area contributed by atoms with Crippen molar-refractivity contribution >= 4 is 24.8 Å². The lowest BCUT2D eigenvalue weighted by molar-refractivity contribution is -0.164. The normalized spacial score (nSPS) is 20.7. The molecular formula is C50H64O7Si. The molecule has 1 heterocycles. The van der Waals surface area contributed by atoms with Crippen LogP contribution in [-0.4, -0.2) is 59.5 Å². The maximum absolute atomic E-state index is 7.49. The predicted molar refractivity (Wildman–Crippen MR) is 236 cm³/mol. The number of allylic oxidation sites excluding steroid dienone is 1. The van der Waals surface area contributed by atoms with Gasteiger partial charge in [0.25, 0.3) is 0 Å². The first-order chi connectivity index (χ1) is 27.8. The molecule has 310 valence electrons. The Hall–Kier alpha value is -4.02. The number of benzene rings is 4. The van der Waals surface area contributed by atoms with Crippen molar-refractivity contribution in [3.8, 4) is 11.5 Å². The first-order valence-corrected chi connectivity index (χ1v) is 22.7. The highest BCUT2D eigenvalue weighted by Crippen LogP contribution is 2.51. The number of fused-ring (bicyclic) bond motifs is 1. The fraction of sp³-hybridized carbons (Fsp3) is 0.440. The molecule has 2 aliphatic rings. The second-order valence-corrected chi connectivity index (χ2v) is 21.6. The first kappa shape index (κ1) is 43.6. The van der Waals surface area contributed by atoms with E-state index in [1.54, 1.807) is 7.11 Å². The minimum absolute atomic E-state index is 0.0435. The Labute approximate surface area is 348 Å². The Bertz CT molecular complexity index is 1900. The van der Waals surface area contributed by atoms with Crippen LogP contribution in [0.1, 0.15) is 84.8 Å². The fourth-order valence-corrected chi connectivity index (χ4v) is 13.1. The Morgan fingerprint density at radius 2 is 1.53 bits per heavy atom. The molecule has 6 rings (SSSR count). The third-order valence-corrected chi connectivity index (χ3v) is 16.4. The van der Waals surface area contributed by atoms with Crippen LogP contribution in [0.15, 0.2) is 127 Å². The molecule has 58 heavy (non-hydrogen) atoms. The molecule has 7 nitrogen and oxygen atoms in total. The van der Waals surface area contributed by atoms with Crippen LogP contribution in [0.25, 0.3) is 6.08 Å². The molecule has 8 heteroatoms. The zero-order valence-corrected chi connectivity index (χ0v) is 36.8. The summed E-state index contributed by atoms with van der Waals surface area (Å²) in [6.07, 6.45) is 6.69. The van der Waals surface area contributed by atoms with Crippen molar-refractivity contribution in [3.63, 3.8) is 0 Å². The van der Waals surface area contributed by atoms with Crippen LogP contribution in [0.3, 0.4) is 0 Å². The molecule has 4 aromatic carbocycles. The zero-order valence-electron chi connectivity index (χ0n) is 35.8. The monoisotopic (exact) mass is 804 g/mol. The van der Waals surface area contributed by atoms with Gasteiger partial charge in [-0.25, -0.2) is 0 Å². The summed E-state index contributed by atoms with van der Waals surface area (Å²) in [6, 6.07) is 38.1. The lowest BCUT2D eigenvalue weighted by Gasteiger charge is -2.43. The Balaban J connectivity index is 1.39. The molecule has 0 spiro atoms. The summed E-state index contributed by atoms with van der Waals surface area (Å²) in [6.45, 7) is 19.2. The second kappa shape index (κ2) is 19.4. The van der Waals surface area contributed by atoms with Crippen LogP contribution in [0.4, 0.5) is 0 Å². The summed E-state index contributed by atoms with van der Waals surface area (Å²) in [5.41, 5.74) is 4.05. The maximum atomic E-state index is 7.49. The van der Waals surface area contributed by atoms with Gasteiger partial charge < -0.3 is 32.8 Å². The quantitative estimate of drug-likeness (QED) is 0.0405. The van der Waals surface area contributed by atoms with E-state index in [1.165, 1.54) is 15.9 Å². The van der Waals surface area contributed by atoms with Crippen molar-refractivity contribution in [2.75, 3.05) is 33.7 Å². The minimum atomic E-state index is -2.90. The van der Waals surface area contributed by atoms with E-state index in [4.69, 9.17) is 32.8 Å². The van der Waals surface area contributed by atoms with E-state index in [2.05, 4.69) is 131 Å². The van der Waals surface area contributed by atoms with Gasteiger partial charge in [-0.2, -0.15) is 0 Å². The molecular weight excluding hydrogens is 741 g/mol. The topological polar surface area (TPSA) is 64.6 Å². The van der Waals surface area contributed by atoms with Gasteiger partial charge in [0, 0.05) is 18.7 Å². The highest BCUT2D eigenvalue weighted by atomic mass is 28.4. The molecule has 1 aliphatic carbocycles. The molecule has 2 fully saturated rings. The zero-order chi connectivity index (χ0) is 41.2. The number of hydrogen-bond acceptors (Lipinski definition) is 7. The molecule has 0 unspecified atom stereocenters. The number of rotatable bonds is 19. The van der Waals surface area contributed by atoms with E-state index in [1.807, 2.05) is 32.0 Å². The van der Waals surface area contributed by atoms with Gasteiger partial charge >= 0.3 is 8.32 Å². The summed E-state index contributed by atoms with van der Waals surface area (Å²) in [5.74, 6) is 1.08. The minimum Gasteiger partial charge on any atom is -0.534 e. The highest BCUT2D eigenvalue weighted by Gasteiger charge is 2.55. The Morgan fingerprint density at radius 1 is 0.879 bits per heavy atom. The second-order valence-electron chi connectivity index (χ2n) is 17.4. The van der Waals surface area contributed by atoms with Crippen molar-refractivity contribution in [1.82, 2.24) is 0 Å². The van der Waals surface area contributed by atoms with Gasteiger partial charge in [0.1, 0.15) is 24.9 Å². The van der Waals surface area contributed by atoms with E-state index >= 15 is 0 Å². The molecule has 0 amide bonds. The van der Waals surface area contributed by atoms with E-state index in [9.17, 15) is 0 Å². The Morgan fingerprint density at radius 3 is 2.16 bits per heavy atom. The molecule has 1 saturated heterocycles. The molecule has 0 N–H and O–H groups in total. The number of hydrogen-bond donors (Lipinski definition) is 0.